The maximum Gasteiger partial charge on any atom is 0.178 e. The van der Waals surface area contributed by atoms with Crippen LogP contribution >= 0.6 is 34.8 Å². The maximum atomic E-state index is 13.7. The average Bonchev–Trinajstić information content (AvgIpc) is 2.52. The number of aromatic nitrogens is 2. The van der Waals surface area contributed by atoms with Gasteiger partial charge in [0.1, 0.15) is 5.82 Å². The molecule has 0 saturated heterocycles. The fourth-order valence-electron chi connectivity index (χ4n) is 2.66. The first-order chi connectivity index (χ1) is 8.58. The summed E-state index contributed by atoms with van der Waals surface area (Å²) in [4.78, 5) is 3.19. The van der Waals surface area contributed by atoms with E-state index >= 15 is 0 Å². The Kier molecular flexibility index (Phi) is 3.21. The SMILES string of the molecule is CC(C1CCC1)n1c(=S)[nH]c2cc(I)c(F)cc21. The molecule has 0 spiro atoms. The number of hydrogen-bond acceptors (Lipinski definition) is 1. The minimum Gasteiger partial charge on any atom is -0.331 e. The van der Waals surface area contributed by atoms with Crippen LogP contribution in [-0.4, -0.2) is 9.55 Å². The molecule has 0 bridgehead atoms. The molecule has 0 radical (unpaired) electrons. The number of benzene rings is 1. The van der Waals surface area contributed by atoms with Crippen molar-refractivity contribution in [1.29, 1.82) is 0 Å². The van der Waals surface area contributed by atoms with Gasteiger partial charge in [-0.3, -0.25) is 0 Å². The van der Waals surface area contributed by atoms with Gasteiger partial charge in [0.15, 0.2) is 4.77 Å². The molecular formula is C13H14FIN2S. The number of imidazole rings is 1. The number of H-pyrrole nitrogens is 1. The molecular weight excluding hydrogens is 362 g/mol. The number of halogens is 2. The lowest BCUT2D eigenvalue weighted by atomic mass is 9.80. The molecule has 0 aliphatic heterocycles. The van der Waals surface area contributed by atoms with E-state index in [2.05, 4.69) is 16.5 Å². The molecule has 5 heteroatoms. The summed E-state index contributed by atoms with van der Waals surface area (Å²) in [6, 6.07) is 3.77. The summed E-state index contributed by atoms with van der Waals surface area (Å²) >= 11 is 7.39. The Hall–Kier alpha value is -0.430. The van der Waals surface area contributed by atoms with Gasteiger partial charge in [-0.15, -0.1) is 0 Å². The molecule has 2 nitrogen and oxygen atoms in total. The largest absolute Gasteiger partial charge is 0.331 e. The topological polar surface area (TPSA) is 20.7 Å². The summed E-state index contributed by atoms with van der Waals surface area (Å²) in [5.41, 5.74) is 1.81. The van der Waals surface area contributed by atoms with E-state index in [1.165, 1.54) is 19.3 Å². The zero-order valence-electron chi connectivity index (χ0n) is 10.0. The molecule has 1 aromatic heterocycles. The second kappa shape index (κ2) is 4.59. The Bertz CT molecular complexity index is 657. The third-order valence-electron chi connectivity index (χ3n) is 4.00. The molecule has 96 valence electrons. The lowest BCUT2D eigenvalue weighted by Gasteiger charge is -2.32. The van der Waals surface area contributed by atoms with Gasteiger partial charge < -0.3 is 9.55 Å². The monoisotopic (exact) mass is 376 g/mol. The Balaban J connectivity index is 2.18. The van der Waals surface area contributed by atoms with Crippen LogP contribution in [0.4, 0.5) is 4.39 Å². The van der Waals surface area contributed by atoms with Crippen LogP contribution in [0.2, 0.25) is 0 Å². The first-order valence-electron chi connectivity index (χ1n) is 6.17. The minimum absolute atomic E-state index is 0.174. The fourth-order valence-corrected chi connectivity index (χ4v) is 3.50. The zero-order chi connectivity index (χ0) is 12.9. The van der Waals surface area contributed by atoms with Gasteiger partial charge in [0.2, 0.25) is 0 Å². The molecule has 18 heavy (non-hydrogen) atoms. The summed E-state index contributed by atoms with van der Waals surface area (Å²) in [7, 11) is 0. The van der Waals surface area contributed by atoms with Crippen molar-refractivity contribution in [3.63, 3.8) is 0 Å². The first-order valence-corrected chi connectivity index (χ1v) is 7.66. The van der Waals surface area contributed by atoms with E-state index in [0.29, 0.717) is 20.3 Å². The molecule has 1 aliphatic rings. The van der Waals surface area contributed by atoms with Crippen LogP contribution in [0.25, 0.3) is 11.0 Å². The Labute approximate surface area is 124 Å². The molecule has 1 heterocycles. The highest BCUT2D eigenvalue weighted by atomic mass is 127. The quantitative estimate of drug-likeness (QED) is 0.590. The molecule has 3 rings (SSSR count). The summed E-state index contributed by atoms with van der Waals surface area (Å²) in [6.07, 6.45) is 3.81. The van der Waals surface area contributed by atoms with Crippen molar-refractivity contribution in [2.45, 2.75) is 32.2 Å². The van der Waals surface area contributed by atoms with Crippen LogP contribution in [0.5, 0.6) is 0 Å². The van der Waals surface area contributed by atoms with Crippen molar-refractivity contribution in [3.8, 4) is 0 Å². The number of fused-ring (bicyclic) bond motifs is 1. The second-order valence-corrected chi connectivity index (χ2v) is 6.56. The Morgan fingerprint density at radius 1 is 1.50 bits per heavy atom. The highest BCUT2D eigenvalue weighted by Gasteiger charge is 2.26. The molecule has 0 amide bonds. The molecule has 1 unspecified atom stereocenters. The Morgan fingerprint density at radius 3 is 2.83 bits per heavy atom. The van der Waals surface area contributed by atoms with Gasteiger partial charge in [0, 0.05) is 12.1 Å². The molecule has 1 aromatic carbocycles. The van der Waals surface area contributed by atoms with Crippen molar-refractivity contribution in [3.05, 3.63) is 26.3 Å². The van der Waals surface area contributed by atoms with Crippen LogP contribution in [0, 0.1) is 20.1 Å². The van der Waals surface area contributed by atoms with E-state index in [1.54, 1.807) is 6.07 Å². The summed E-state index contributed by atoms with van der Waals surface area (Å²) in [5, 5.41) is 0. The van der Waals surface area contributed by atoms with E-state index in [0.717, 1.165) is 11.0 Å². The van der Waals surface area contributed by atoms with E-state index in [-0.39, 0.29) is 5.82 Å². The van der Waals surface area contributed by atoms with Gasteiger partial charge >= 0.3 is 0 Å². The zero-order valence-corrected chi connectivity index (χ0v) is 13.0. The highest BCUT2D eigenvalue weighted by molar-refractivity contribution is 14.1. The van der Waals surface area contributed by atoms with Gasteiger partial charge in [0.05, 0.1) is 14.6 Å². The van der Waals surface area contributed by atoms with E-state index in [9.17, 15) is 4.39 Å². The number of rotatable bonds is 2. The van der Waals surface area contributed by atoms with Crippen LogP contribution < -0.4 is 0 Å². The normalized spacial score (nSPS) is 17.9. The summed E-state index contributed by atoms with van der Waals surface area (Å²) < 4.78 is 17.1. The lowest BCUT2D eigenvalue weighted by Crippen LogP contribution is -2.22. The van der Waals surface area contributed by atoms with Crippen LogP contribution in [0.15, 0.2) is 12.1 Å². The van der Waals surface area contributed by atoms with E-state index in [4.69, 9.17) is 12.2 Å². The van der Waals surface area contributed by atoms with Crippen molar-refractivity contribution in [2.24, 2.45) is 5.92 Å². The lowest BCUT2D eigenvalue weighted by molar-refractivity contribution is 0.224. The molecule has 1 atom stereocenters. The molecule has 1 fully saturated rings. The third kappa shape index (κ3) is 1.91. The Morgan fingerprint density at radius 2 is 2.22 bits per heavy atom. The van der Waals surface area contributed by atoms with Gasteiger partial charge in [-0.2, -0.15) is 0 Å². The number of nitrogens with one attached hydrogen (secondary N) is 1. The predicted molar refractivity (Wildman–Crippen MR) is 81.8 cm³/mol. The van der Waals surface area contributed by atoms with Crippen molar-refractivity contribution >= 4 is 45.8 Å². The van der Waals surface area contributed by atoms with Gasteiger partial charge in [-0.25, -0.2) is 4.39 Å². The maximum absolute atomic E-state index is 13.7. The van der Waals surface area contributed by atoms with Crippen molar-refractivity contribution < 1.29 is 4.39 Å². The van der Waals surface area contributed by atoms with Crippen LogP contribution in [0.3, 0.4) is 0 Å². The molecule has 2 aromatic rings. The predicted octanol–water partition coefficient (Wildman–Crippen LogP) is 4.80. The second-order valence-electron chi connectivity index (χ2n) is 5.02. The minimum atomic E-state index is -0.174. The third-order valence-corrected chi connectivity index (χ3v) is 5.12. The molecule has 1 aliphatic carbocycles. The number of nitrogens with zero attached hydrogens (tertiary/aromatic N) is 1. The van der Waals surface area contributed by atoms with Crippen LogP contribution in [-0.2, 0) is 0 Å². The summed E-state index contributed by atoms with van der Waals surface area (Å²) in [6.45, 7) is 2.18. The molecule has 1 N–H and O–H groups in total. The van der Waals surface area contributed by atoms with Crippen LogP contribution in [0.1, 0.15) is 32.2 Å². The van der Waals surface area contributed by atoms with E-state index in [1.807, 2.05) is 28.7 Å². The average molecular weight is 376 g/mol. The number of hydrogen-bond donors (Lipinski definition) is 1. The molecule has 1 saturated carbocycles. The van der Waals surface area contributed by atoms with Gasteiger partial charge in [0.25, 0.3) is 0 Å². The smallest absolute Gasteiger partial charge is 0.178 e. The fraction of sp³-hybridized carbons (Fsp3) is 0.462. The van der Waals surface area contributed by atoms with Gasteiger partial charge in [-0.1, -0.05) is 6.42 Å². The van der Waals surface area contributed by atoms with Crippen molar-refractivity contribution in [1.82, 2.24) is 9.55 Å². The standard InChI is InChI=1S/C13H14FIN2S/c1-7(8-3-2-4-8)17-12-5-9(14)10(15)6-11(12)16-13(17)18/h5-8H,2-4H2,1H3,(H,16,18). The van der Waals surface area contributed by atoms with Gasteiger partial charge in [-0.05, 0) is 66.6 Å². The number of aromatic amines is 1. The first kappa shape index (κ1) is 12.6. The van der Waals surface area contributed by atoms with Crippen molar-refractivity contribution in [2.75, 3.05) is 0 Å². The highest BCUT2D eigenvalue weighted by Crippen LogP contribution is 2.37. The van der Waals surface area contributed by atoms with E-state index < -0.39 is 0 Å². The summed E-state index contributed by atoms with van der Waals surface area (Å²) in [5.74, 6) is 0.504.